The number of Topliss-reactive ketones (excluding diaryl/α,β-unsaturated/α-hetero) is 1. The third-order valence-corrected chi connectivity index (χ3v) is 6.31. The van der Waals surface area contributed by atoms with Crippen molar-refractivity contribution in [2.45, 2.75) is 16.7 Å². The zero-order valence-corrected chi connectivity index (χ0v) is 12.8. The molecule has 0 fully saturated rings. The van der Waals surface area contributed by atoms with Crippen molar-refractivity contribution in [3.63, 3.8) is 0 Å². The smallest absolute Gasteiger partial charge is 0.351 e. The van der Waals surface area contributed by atoms with Crippen LogP contribution in [0.3, 0.4) is 0 Å². The summed E-state index contributed by atoms with van der Waals surface area (Å²) >= 11 is 0. The van der Waals surface area contributed by atoms with E-state index in [0.717, 1.165) is 0 Å². The lowest BCUT2D eigenvalue weighted by Crippen LogP contribution is -2.28. The Bertz CT molecular complexity index is 875. The SMILES string of the molecule is CCOC(=O)C1=S(=O)(c2ccccc2)c2ccccc2C1=O. The van der Waals surface area contributed by atoms with Crippen LogP contribution in [0.5, 0.6) is 0 Å². The summed E-state index contributed by atoms with van der Waals surface area (Å²) in [6.45, 7) is 1.77. The molecule has 0 aliphatic carbocycles. The van der Waals surface area contributed by atoms with Crippen molar-refractivity contribution in [3.05, 3.63) is 60.2 Å². The molecular formula is C17H14O4S. The van der Waals surface area contributed by atoms with Crippen LogP contribution in [0.2, 0.25) is 0 Å². The minimum Gasteiger partial charge on any atom is -0.462 e. The average molecular weight is 314 g/mol. The lowest BCUT2D eigenvalue weighted by molar-refractivity contribution is -0.134. The summed E-state index contributed by atoms with van der Waals surface area (Å²) in [6, 6.07) is 15.2. The molecule has 0 saturated carbocycles. The lowest BCUT2D eigenvalue weighted by Gasteiger charge is -2.10. The van der Waals surface area contributed by atoms with E-state index >= 15 is 0 Å². The van der Waals surface area contributed by atoms with Crippen molar-refractivity contribution in [2.24, 2.45) is 0 Å². The van der Waals surface area contributed by atoms with Crippen LogP contribution in [0.25, 0.3) is 0 Å². The topological polar surface area (TPSA) is 60.4 Å². The van der Waals surface area contributed by atoms with Gasteiger partial charge in [0, 0.05) is 24.9 Å². The molecule has 0 bridgehead atoms. The molecule has 22 heavy (non-hydrogen) atoms. The highest BCUT2D eigenvalue weighted by Crippen LogP contribution is 2.33. The highest BCUT2D eigenvalue weighted by atomic mass is 32.2. The van der Waals surface area contributed by atoms with Gasteiger partial charge in [-0.3, -0.25) is 9.00 Å². The minimum atomic E-state index is -3.11. The molecule has 1 aliphatic heterocycles. The zero-order valence-electron chi connectivity index (χ0n) is 11.9. The summed E-state index contributed by atoms with van der Waals surface area (Å²) in [5.74, 6) is -1.32. The Morgan fingerprint density at radius 1 is 1.05 bits per heavy atom. The summed E-state index contributed by atoms with van der Waals surface area (Å²) < 4.78 is 18.7. The second kappa shape index (κ2) is 5.42. The molecule has 3 rings (SSSR count). The highest BCUT2D eigenvalue weighted by molar-refractivity contribution is 8.05. The van der Waals surface area contributed by atoms with Crippen molar-refractivity contribution in [1.82, 2.24) is 0 Å². The summed E-state index contributed by atoms with van der Waals surface area (Å²) in [5.41, 5.74) is 0.305. The number of ether oxygens (including phenoxy) is 1. The number of hydrogen-bond donors (Lipinski definition) is 0. The maximum absolute atomic E-state index is 13.7. The molecule has 1 aliphatic rings. The normalized spacial score (nSPS) is 19.9. The van der Waals surface area contributed by atoms with E-state index in [1.165, 1.54) is 0 Å². The van der Waals surface area contributed by atoms with Gasteiger partial charge in [-0.15, -0.1) is 0 Å². The van der Waals surface area contributed by atoms with E-state index in [0.29, 0.717) is 15.4 Å². The third-order valence-electron chi connectivity index (χ3n) is 3.47. The Morgan fingerprint density at radius 2 is 1.68 bits per heavy atom. The number of esters is 1. The molecule has 0 saturated heterocycles. The molecule has 2 aromatic carbocycles. The molecule has 0 aromatic heterocycles. The van der Waals surface area contributed by atoms with Gasteiger partial charge in [0.15, 0.2) is 4.86 Å². The molecule has 112 valence electrons. The summed E-state index contributed by atoms with van der Waals surface area (Å²) in [5, 5.41) is 0. The Labute approximate surface area is 128 Å². The molecule has 0 N–H and O–H groups in total. The van der Waals surface area contributed by atoms with Crippen molar-refractivity contribution in [3.8, 4) is 0 Å². The van der Waals surface area contributed by atoms with Gasteiger partial charge < -0.3 is 4.74 Å². The number of ketones is 1. The van der Waals surface area contributed by atoms with Gasteiger partial charge in [-0.1, -0.05) is 30.3 Å². The Hall–Kier alpha value is -2.40. The fourth-order valence-electron chi connectivity index (χ4n) is 2.53. The van der Waals surface area contributed by atoms with Gasteiger partial charge in [-0.05, 0) is 31.2 Å². The van der Waals surface area contributed by atoms with Crippen LogP contribution in [-0.2, 0) is 19.1 Å². The summed E-state index contributed by atoms with van der Waals surface area (Å²) in [6.07, 6.45) is 0. The molecule has 1 unspecified atom stereocenters. The maximum atomic E-state index is 13.7. The largest absolute Gasteiger partial charge is 0.462 e. The van der Waals surface area contributed by atoms with Crippen LogP contribution in [-0.4, -0.2) is 27.4 Å². The van der Waals surface area contributed by atoms with Crippen LogP contribution >= 0.6 is 0 Å². The van der Waals surface area contributed by atoms with Gasteiger partial charge in [-0.2, -0.15) is 0 Å². The number of fused-ring (bicyclic) bond motifs is 1. The number of rotatable bonds is 3. The van der Waals surface area contributed by atoms with Crippen LogP contribution in [0.15, 0.2) is 64.4 Å². The first-order chi connectivity index (χ1) is 10.6. The fraction of sp³-hybridized carbons (Fsp3) is 0.118. The predicted octanol–water partition coefficient (Wildman–Crippen LogP) is 2.32. The standard InChI is InChI=1S/C17H14O4S/c1-2-21-17(19)16-15(18)13-10-6-7-11-14(13)22(16,20)12-8-4-3-5-9-12/h3-11H,2H2,1H3. The van der Waals surface area contributed by atoms with Gasteiger partial charge >= 0.3 is 5.97 Å². The highest BCUT2D eigenvalue weighted by Gasteiger charge is 2.40. The van der Waals surface area contributed by atoms with Gasteiger partial charge in [0.05, 0.1) is 6.61 Å². The van der Waals surface area contributed by atoms with Crippen molar-refractivity contribution in [2.75, 3.05) is 6.61 Å². The van der Waals surface area contributed by atoms with E-state index in [2.05, 4.69) is 0 Å². The van der Waals surface area contributed by atoms with E-state index in [4.69, 9.17) is 4.74 Å². The monoisotopic (exact) mass is 314 g/mol. The molecule has 0 spiro atoms. The van der Waals surface area contributed by atoms with Gasteiger partial charge in [0.25, 0.3) is 0 Å². The van der Waals surface area contributed by atoms with E-state index in [-0.39, 0.29) is 11.5 Å². The van der Waals surface area contributed by atoms with E-state index in [9.17, 15) is 13.8 Å². The molecule has 4 nitrogen and oxygen atoms in total. The third kappa shape index (κ3) is 1.97. The zero-order chi connectivity index (χ0) is 15.7. The number of carbonyl (C=O) groups is 2. The van der Waals surface area contributed by atoms with Gasteiger partial charge in [0.2, 0.25) is 5.78 Å². The second-order valence-corrected chi connectivity index (χ2v) is 7.18. The molecule has 1 atom stereocenters. The lowest BCUT2D eigenvalue weighted by atomic mass is 10.1. The van der Waals surface area contributed by atoms with E-state index in [1.54, 1.807) is 61.5 Å². The summed E-state index contributed by atoms with van der Waals surface area (Å²) in [7, 11) is -3.11. The molecular weight excluding hydrogens is 300 g/mol. The van der Waals surface area contributed by atoms with Gasteiger partial charge in [0.1, 0.15) is 0 Å². The quantitative estimate of drug-likeness (QED) is 0.644. The Kier molecular flexibility index (Phi) is 3.58. The predicted molar refractivity (Wildman–Crippen MR) is 83.5 cm³/mol. The minimum absolute atomic E-state index is 0.121. The van der Waals surface area contributed by atoms with Crippen molar-refractivity contribution >= 4 is 26.1 Å². The molecule has 0 amide bonds. The fourth-order valence-corrected chi connectivity index (χ4v) is 5.19. The second-order valence-electron chi connectivity index (χ2n) is 4.74. The summed E-state index contributed by atoms with van der Waals surface area (Å²) in [4.78, 5) is 25.4. The number of benzene rings is 2. The van der Waals surface area contributed by atoms with E-state index < -0.39 is 21.3 Å². The van der Waals surface area contributed by atoms with Crippen LogP contribution in [0.1, 0.15) is 17.3 Å². The molecule has 2 aromatic rings. The molecule has 5 heteroatoms. The Morgan fingerprint density at radius 3 is 2.36 bits per heavy atom. The number of hydrogen-bond acceptors (Lipinski definition) is 4. The van der Waals surface area contributed by atoms with E-state index in [1.807, 2.05) is 0 Å². The molecule has 0 radical (unpaired) electrons. The van der Waals surface area contributed by atoms with Crippen LogP contribution < -0.4 is 0 Å². The maximum Gasteiger partial charge on any atom is 0.351 e. The van der Waals surface area contributed by atoms with Crippen molar-refractivity contribution < 1.29 is 18.5 Å². The first-order valence-corrected chi connectivity index (χ1v) is 8.43. The number of carbonyl (C=O) groups excluding carboxylic acids is 2. The average Bonchev–Trinajstić information content (AvgIpc) is 2.78. The first-order valence-electron chi connectivity index (χ1n) is 6.88. The van der Waals surface area contributed by atoms with Gasteiger partial charge in [-0.25, -0.2) is 4.79 Å². The van der Waals surface area contributed by atoms with Crippen LogP contribution in [0.4, 0.5) is 0 Å². The molecule has 1 heterocycles. The first kappa shape index (κ1) is 14.5. The Balaban J connectivity index is 2.39. The van der Waals surface area contributed by atoms with Crippen LogP contribution in [0, 0.1) is 0 Å². The van der Waals surface area contributed by atoms with Crippen molar-refractivity contribution in [1.29, 1.82) is 0 Å².